The number of amides is 1. The summed E-state index contributed by atoms with van der Waals surface area (Å²) >= 11 is 0. The maximum Gasteiger partial charge on any atom is 0.413 e. The van der Waals surface area contributed by atoms with Crippen molar-refractivity contribution < 1.29 is 14.6 Å². The summed E-state index contributed by atoms with van der Waals surface area (Å²) < 4.78 is 5.19. The number of carbonyl (C=O) groups is 1. The molecule has 1 fully saturated rings. The Balaban J connectivity index is 2.25. The first-order valence-electron chi connectivity index (χ1n) is 5.61. The van der Waals surface area contributed by atoms with Gasteiger partial charge in [0.25, 0.3) is 0 Å². The molecule has 2 rings (SSSR count). The number of ether oxygens (including phenoxy) is 1. The van der Waals surface area contributed by atoms with Gasteiger partial charge < -0.3 is 9.84 Å². The predicted octanol–water partition coefficient (Wildman–Crippen LogP) is 2.13. The topological polar surface area (TPSA) is 49.8 Å². The maximum atomic E-state index is 11.8. The lowest BCUT2D eigenvalue weighted by molar-refractivity contribution is -0.129. The zero-order valence-electron chi connectivity index (χ0n) is 10.3. The second-order valence-electron chi connectivity index (χ2n) is 4.97. The molecule has 0 radical (unpaired) electrons. The lowest BCUT2D eigenvalue weighted by Crippen LogP contribution is -2.53. The summed E-state index contributed by atoms with van der Waals surface area (Å²) in [7, 11) is 0. The van der Waals surface area contributed by atoms with Gasteiger partial charge in [-0.05, 0) is 26.3 Å². The van der Waals surface area contributed by atoms with E-state index in [1.54, 1.807) is 20.8 Å². The largest absolute Gasteiger partial charge is 0.438 e. The smallest absolute Gasteiger partial charge is 0.413 e. The number of hydrogen-bond acceptors (Lipinski definition) is 3. The van der Waals surface area contributed by atoms with Crippen molar-refractivity contribution in [2.75, 3.05) is 0 Å². The van der Waals surface area contributed by atoms with E-state index in [4.69, 9.17) is 4.74 Å². The molecule has 0 aliphatic carbocycles. The van der Waals surface area contributed by atoms with E-state index in [1.165, 1.54) is 4.90 Å². The zero-order valence-corrected chi connectivity index (χ0v) is 10.3. The van der Waals surface area contributed by atoms with Crippen molar-refractivity contribution in [3.8, 4) is 0 Å². The van der Waals surface area contributed by atoms with Gasteiger partial charge in [0, 0.05) is 0 Å². The van der Waals surface area contributed by atoms with Crippen molar-refractivity contribution >= 4 is 6.09 Å². The quantitative estimate of drug-likeness (QED) is 0.854. The third-order valence-electron chi connectivity index (χ3n) is 3.41. The fourth-order valence-electron chi connectivity index (χ4n) is 1.86. The molecule has 1 aliphatic rings. The first kappa shape index (κ1) is 11.9. The number of cyclic esters (lactones) is 1. The molecule has 1 heterocycles. The molecule has 1 unspecified atom stereocenters. The van der Waals surface area contributed by atoms with E-state index in [-0.39, 0.29) is 0 Å². The molecule has 4 heteroatoms. The van der Waals surface area contributed by atoms with Crippen LogP contribution in [0.4, 0.5) is 4.79 Å². The lowest BCUT2D eigenvalue weighted by Gasteiger charge is -2.34. The summed E-state index contributed by atoms with van der Waals surface area (Å²) in [5, 5.41) is 10.4. The normalized spacial score (nSPS) is 27.1. The third kappa shape index (κ3) is 1.89. The van der Waals surface area contributed by atoms with E-state index in [9.17, 15) is 9.90 Å². The van der Waals surface area contributed by atoms with Crippen LogP contribution in [0.2, 0.25) is 0 Å². The van der Waals surface area contributed by atoms with Crippen LogP contribution < -0.4 is 0 Å². The number of benzene rings is 1. The molecule has 4 nitrogen and oxygen atoms in total. The fraction of sp³-hybridized carbons (Fsp3) is 0.462. The van der Waals surface area contributed by atoms with Crippen molar-refractivity contribution in [1.82, 2.24) is 4.90 Å². The van der Waals surface area contributed by atoms with Gasteiger partial charge in [0.05, 0.1) is 6.54 Å². The molecule has 0 spiro atoms. The highest BCUT2D eigenvalue weighted by Gasteiger charge is 2.56. The number of rotatable bonds is 2. The van der Waals surface area contributed by atoms with Crippen LogP contribution in [0.15, 0.2) is 30.3 Å². The molecule has 1 atom stereocenters. The van der Waals surface area contributed by atoms with E-state index in [1.807, 2.05) is 30.3 Å². The van der Waals surface area contributed by atoms with Gasteiger partial charge in [-0.15, -0.1) is 0 Å². The van der Waals surface area contributed by atoms with Crippen LogP contribution in [0.25, 0.3) is 0 Å². The molecule has 17 heavy (non-hydrogen) atoms. The van der Waals surface area contributed by atoms with Crippen LogP contribution >= 0.6 is 0 Å². The number of carbonyl (C=O) groups excluding carboxylic acids is 1. The Bertz CT molecular complexity index is 426. The Labute approximate surface area is 101 Å². The molecule has 1 aliphatic heterocycles. The van der Waals surface area contributed by atoms with Crippen LogP contribution in [0.1, 0.15) is 26.3 Å². The van der Waals surface area contributed by atoms with E-state index in [0.29, 0.717) is 6.54 Å². The highest BCUT2D eigenvalue weighted by molar-refractivity contribution is 5.72. The molecule has 1 N–H and O–H groups in total. The Hall–Kier alpha value is -1.55. The van der Waals surface area contributed by atoms with E-state index < -0.39 is 17.4 Å². The summed E-state index contributed by atoms with van der Waals surface area (Å²) in [6.07, 6.45) is -0.483. The average Bonchev–Trinajstić information content (AvgIpc) is 2.39. The first-order chi connectivity index (χ1) is 7.84. The molecule has 92 valence electrons. The van der Waals surface area contributed by atoms with Gasteiger partial charge in [-0.2, -0.15) is 0 Å². The molecule has 0 saturated carbocycles. The Morgan fingerprint density at radius 2 is 1.82 bits per heavy atom. The van der Waals surface area contributed by atoms with Crippen molar-refractivity contribution in [2.45, 2.75) is 38.6 Å². The van der Waals surface area contributed by atoms with Crippen molar-refractivity contribution in [1.29, 1.82) is 0 Å². The van der Waals surface area contributed by atoms with Gasteiger partial charge in [-0.3, -0.25) is 4.90 Å². The van der Waals surface area contributed by atoms with Gasteiger partial charge in [0.1, 0.15) is 0 Å². The monoisotopic (exact) mass is 235 g/mol. The highest BCUT2D eigenvalue weighted by Crippen LogP contribution is 2.37. The zero-order chi connectivity index (χ0) is 12.7. The molecular formula is C13H17NO3. The number of nitrogens with zero attached hydrogens (tertiary/aromatic N) is 1. The summed E-state index contributed by atoms with van der Waals surface area (Å²) in [5.74, 6) is 0. The van der Waals surface area contributed by atoms with Crippen molar-refractivity contribution in [3.05, 3.63) is 35.9 Å². The van der Waals surface area contributed by atoms with Gasteiger partial charge >= 0.3 is 6.09 Å². The van der Waals surface area contributed by atoms with Gasteiger partial charge in [-0.25, -0.2) is 4.79 Å². The Kier molecular flexibility index (Phi) is 2.62. The molecule has 1 amide bonds. The second-order valence-corrected chi connectivity index (χ2v) is 4.97. The highest BCUT2D eigenvalue weighted by atomic mass is 16.6. The third-order valence-corrected chi connectivity index (χ3v) is 3.41. The molecule has 1 aromatic carbocycles. The molecular weight excluding hydrogens is 218 g/mol. The van der Waals surface area contributed by atoms with Gasteiger partial charge in [0.15, 0.2) is 11.3 Å². The fourth-order valence-corrected chi connectivity index (χ4v) is 1.86. The Morgan fingerprint density at radius 3 is 2.29 bits per heavy atom. The maximum absolute atomic E-state index is 11.8. The lowest BCUT2D eigenvalue weighted by atomic mass is 9.95. The first-order valence-corrected chi connectivity index (χ1v) is 5.61. The van der Waals surface area contributed by atoms with Crippen LogP contribution in [0.5, 0.6) is 0 Å². The molecule has 1 saturated heterocycles. The average molecular weight is 235 g/mol. The van der Waals surface area contributed by atoms with E-state index >= 15 is 0 Å². The second kappa shape index (κ2) is 3.74. The summed E-state index contributed by atoms with van der Waals surface area (Å²) in [6, 6.07) is 9.53. The molecule has 0 bridgehead atoms. The summed E-state index contributed by atoms with van der Waals surface area (Å²) in [5.41, 5.74) is -1.25. The minimum Gasteiger partial charge on any atom is -0.438 e. The standard InChI is InChI=1S/C13H17NO3/c1-12(2)13(3,16)14(11(15)17-12)9-10-7-5-4-6-8-10/h4-8,16H,9H2,1-3H3. The van der Waals surface area contributed by atoms with Crippen LogP contribution in [-0.4, -0.2) is 27.4 Å². The summed E-state index contributed by atoms with van der Waals surface area (Å²) in [6.45, 7) is 5.35. The van der Waals surface area contributed by atoms with Gasteiger partial charge in [0.2, 0.25) is 0 Å². The van der Waals surface area contributed by atoms with Crippen LogP contribution in [-0.2, 0) is 11.3 Å². The molecule has 0 aromatic heterocycles. The van der Waals surface area contributed by atoms with Crippen molar-refractivity contribution in [3.63, 3.8) is 0 Å². The number of aliphatic hydroxyl groups is 1. The SMILES string of the molecule is CC1(C)OC(=O)N(Cc2ccccc2)C1(C)O. The summed E-state index contributed by atoms with van der Waals surface area (Å²) in [4.78, 5) is 13.1. The number of hydrogen-bond donors (Lipinski definition) is 1. The predicted molar refractivity (Wildman–Crippen MR) is 63.2 cm³/mol. The Morgan fingerprint density at radius 1 is 1.24 bits per heavy atom. The minimum absolute atomic E-state index is 0.343. The minimum atomic E-state index is -1.31. The van der Waals surface area contributed by atoms with Crippen molar-refractivity contribution in [2.24, 2.45) is 0 Å². The van der Waals surface area contributed by atoms with Gasteiger partial charge in [-0.1, -0.05) is 30.3 Å². The van der Waals surface area contributed by atoms with E-state index in [2.05, 4.69) is 0 Å². The van der Waals surface area contributed by atoms with Crippen LogP contribution in [0.3, 0.4) is 0 Å². The van der Waals surface area contributed by atoms with E-state index in [0.717, 1.165) is 5.56 Å². The van der Waals surface area contributed by atoms with Crippen LogP contribution in [0, 0.1) is 0 Å². The molecule has 1 aromatic rings.